The Morgan fingerprint density at radius 2 is 1.80 bits per heavy atom. The van der Waals surface area contributed by atoms with E-state index >= 15 is 0 Å². The van der Waals surface area contributed by atoms with Crippen LogP contribution >= 0.6 is 0 Å². The zero-order valence-corrected chi connectivity index (χ0v) is 16.3. The molecule has 142 valence electrons. The van der Waals surface area contributed by atoms with Crippen molar-refractivity contribution in [3.63, 3.8) is 0 Å². The van der Waals surface area contributed by atoms with Gasteiger partial charge in [-0.1, -0.05) is 37.3 Å². The van der Waals surface area contributed by atoms with E-state index in [0.717, 1.165) is 61.9 Å². The summed E-state index contributed by atoms with van der Waals surface area (Å²) < 4.78 is 11.9. The molecule has 0 heterocycles. The zero-order valence-electron chi connectivity index (χ0n) is 16.3. The number of allylic oxidation sites excluding steroid dienone is 1. The van der Waals surface area contributed by atoms with Gasteiger partial charge in [-0.05, 0) is 81.0 Å². The lowest BCUT2D eigenvalue weighted by Crippen LogP contribution is -2.29. The molecule has 0 amide bonds. The molecule has 0 aromatic carbocycles. The summed E-state index contributed by atoms with van der Waals surface area (Å²) in [6, 6.07) is 0. The number of rotatable bonds is 8. The van der Waals surface area contributed by atoms with E-state index in [4.69, 9.17) is 9.47 Å². The Morgan fingerprint density at radius 1 is 0.920 bits per heavy atom. The summed E-state index contributed by atoms with van der Waals surface area (Å²) in [5.41, 5.74) is 1.69. The van der Waals surface area contributed by atoms with Gasteiger partial charge in [0.15, 0.2) is 0 Å². The van der Waals surface area contributed by atoms with Crippen molar-refractivity contribution in [2.75, 3.05) is 26.4 Å². The molecule has 4 aliphatic rings. The highest BCUT2D eigenvalue weighted by molar-refractivity contribution is 5.21. The molecule has 2 heteroatoms. The van der Waals surface area contributed by atoms with Crippen molar-refractivity contribution in [3.8, 4) is 0 Å². The first-order chi connectivity index (χ1) is 12.3. The summed E-state index contributed by atoms with van der Waals surface area (Å²) in [7, 11) is 0. The van der Waals surface area contributed by atoms with Crippen molar-refractivity contribution in [3.05, 3.63) is 11.6 Å². The SMILES string of the molecule is CCOCC1CC2C=C(CCOCC3CCC4CCCCC4C3)C1C2. The van der Waals surface area contributed by atoms with Crippen molar-refractivity contribution in [2.24, 2.45) is 35.5 Å². The maximum Gasteiger partial charge on any atom is 0.0503 e. The topological polar surface area (TPSA) is 18.5 Å². The van der Waals surface area contributed by atoms with Gasteiger partial charge in [-0.15, -0.1) is 0 Å². The average Bonchev–Trinajstić information content (AvgIpc) is 3.23. The lowest BCUT2D eigenvalue weighted by Gasteiger charge is -2.39. The maximum atomic E-state index is 6.17. The fourth-order valence-electron chi connectivity index (χ4n) is 6.47. The molecule has 0 aliphatic heterocycles. The van der Waals surface area contributed by atoms with Crippen LogP contribution in [0.4, 0.5) is 0 Å². The Hall–Kier alpha value is -0.340. The fourth-order valence-corrected chi connectivity index (χ4v) is 6.47. The summed E-state index contributed by atoms with van der Waals surface area (Å²) in [4.78, 5) is 0. The van der Waals surface area contributed by atoms with Crippen LogP contribution in [-0.4, -0.2) is 26.4 Å². The molecule has 0 saturated heterocycles. The second kappa shape index (κ2) is 8.57. The van der Waals surface area contributed by atoms with E-state index in [1.165, 1.54) is 64.2 Å². The second-order valence-electron chi connectivity index (χ2n) is 9.31. The van der Waals surface area contributed by atoms with Crippen LogP contribution in [0.3, 0.4) is 0 Å². The normalized spacial score (nSPS) is 40.1. The Labute approximate surface area is 154 Å². The van der Waals surface area contributed by atoms with Crippen LogP contribution in [0.15, 0.2) is 11.6 Å². The van der Waals surface area contributed by atoms with E-state index in [1.807, 2.05) is 0 Å². The van der Waals surface area contributed by atoms with Crippen molar-refractivity contribution in [1.82, 2.24) is 0 Å². The van der Waals surface area contributed by atoms with Crippen LogP contribution in [0, 0.1) is 35.5 Å². The third kappa shape index (κ3) is 4.33. The molecule has 0 aromatic rings. The van der Waals surface area contributed by atoms with Crippen molar-refractivity contribution < 1.29 is 9.47 Å². The molecule has 0 spiro atoms. The van der Waals surface area contributed by atoms with Gasteiger partial charge < -0.3 is 9.47 Å². The third-order valence-electron chi connectivity index (χ3n) is 7.73. The van der Waals surface area contributed by atoms with Crippen LogP contribution in [-0.2, 0) is 9.47 Å². The molecule has 6 unspecified atom stereocenters. The summed E-state index contributed by atoms with van der Waals surface area (Å²) >= 11 is 0. The van der Waals surface area contributed by atoms with E-state index in [-0.39, 0.29) is 0 Å². The van der Waals surface area contributed by atoms with Gasteiger partial charge in [0.1, 0.15) is 0 Å². The van der Waals surface area contributed by atoms with Crippen LogP contribution < -0.4 is 0 Å². The summed E-state index contributed by atoms with van der Waals surface area (Å²) in [5, 5.41) is 0. The highest BCUT2D eigenvalue weighted by Gasteiger charge is 2.40. The van der Waals surface area contributed by atoms with Gasteiger partial charge in [-0.3, -0.25) is 0 Å². The van der Waals surface area contributed by atoms with Crippen molar-refractivity contribution in [2.45, 2.75) is 71.1 Å². The number of hydrogen-bond acceptors (Lipinski definition) is 2. The summed E-state index contributed by atoms with van der Waals surface area (Å²) in [6.07, 6.45) is 16.8. The standard InChI is InChI=1S/C23H38O2/c1-2-24-16-22-13-18-12-21(23(22)14-18)9-10-25-15-17-7-8-19-5-3-4-6-20(19)11-17/h12,17-20,22-23H,2-11,13-16H2,1H3. The van der Waals surface area contributed by atoms with E-state index in [2.05, 4.69) is 13.0 Å². The lowest BCUT2D eigenvalue weighted by atomic mass is 9.68. The predicted octanol–water partition coefficient (Wildman–Crippen LogP) is 5.62. The molecular weight excluding hydrogens is 308 g/mol. The lowest BCUT2D eigenvalue weighted by molar-refractivity contribution is 0.0473. The molecule has 0 aromatic heterocycles. The van der Waals surface area contributed by atoms with Crippen LogP contribution in [0.1, 0.15) is 71.1 Å². The van der Waals surface area contributed by atoms with E-state index in [0.29, 0.717) is 0 Å². The first-order valence-corrected chi connectivity index (χ1v) is 11.2. The summed E-state index contributed by atoms with van der Waals surface area (Å²) in [6.45, 7) is 5.91. The van der Waals surface area contributed by atoms with Gasteiger partial charge in [0.25, 0.3) is 0 Å². The minimum absolute atomic E-state index is 0.784. The van der Waals surface area contributed by atoms with Crippen molar-refractivity contribution >= 4 is 0 Å². The highest BCUT2D eigenvalue weighted by Crippen LogP contribution is 2.49. The molecule has 4 aliphatic carbocycles. The Kier molecular flexibility index (Phi) is 6.18. The molecular formula is C23H38O2. The minimum Gasteiger partial charge on any atom is -0.381 e. The van der Waals surface area contributed by atoms with Gasteiger partial charge in [0.2, 0.25) is 0 Å². The molecule has 6 atom stereocenters. The van der Waals surface area contributed by atoms with Gasteiger partial charge >= 0.3 is 0 Å². The number of hydrogen-bond donors (Lipinski definition) is 0. The molecule has 3 saturated carbocycles. The Balaban J connectivity index is 1.15. The van der Waals surface area contributed by atoms with Gasteiger partial charge in [-0.25, -0.2) is 0 Å². The molecule has 0 N–H and O–H groups in total. The highest BCUT2D eigenvalue weighted by atomic mass is 16.5. The van der Waals surface area contributed by atoms with E-state index < -0.39 is 0 Å². The Bertz CT molecular complexity index is 457. The van der Waals surface area contributed by atoms with E-state index in [9.17, 15) is 0 Å². The van der Waals surface area contributed by atoms with Crippen LogP contribution in [0.2, 0.25) is 0 Å². The van der Waals surface area contributed by atoms with E-state index in [1.54, 1.807) is 5.57 Å². The molecule has 25 heavy (non-hydrogen) atoms. The summed E-state index contributed by atoms with van der Waals surface area (Å²) in [5.74, 6) is 5.37. The van der Waals surface area contributed by atoms with Gasteiger partial charge in [0, 0.05) is 19.8 Å². The van der Waals surface area contributed by atoms with Crippen LogP contribution in [0.5, 0.6) is 0 Å². The monoisotopic (exact) mass is 346 g/mol. The third-order valence-corrected chi connectivity index (χ3v) is 7.73. The number of fused-ring (bicyclic) bond motifs is 3. The zero-order chi connectivity index (χ0) is 17.1. The molecule has 4 rings (SSSR count). The van der Waals surface area contributed by atoms with Gasteiger partial charge in [-0.2, -0.15) is 0 Å². The van der Waals surface area contributed by atoms with Crippen LogP contribution in [0.25, 0.3) is 0 Å². The smallest absolute Gasteiger partial charge is 0.0503 e. The average molecular weight is 347 g/mol. The van der Waals surface area contributed by atoms with Gasteiger partial charge in [0.05, 0.1) is 6.61 Å². The molecule has 2 bridgehead atoms. The molecule has 2 nitrogen and oxygen atoms in total. The maximum absolute atomic E-state index is 6.17. The number of ether oxygens (including phenoxy) is 2. The minimum atomic E-state index is 0.784. The molecule has 0 radical (unpaired) electrons. The first-order valence-electron chi connectivity index (χ1n) is 11.2. The quantitative estimate of drug-likeness (QED) is 0.419. The Morgan fingerprint density at radius 3 is 2.64 bits per heavy atom. The van der Waals surface area contributed by atoms with Crippen molar-refractivity contribution in [1.29, 1.82) is 0 Å². The fraction of sp³-hybridized carbons (Fsp3) is 0.913. The predicted molar refractivity (Wildman–Crippen MR) is 103 cm³/mol. The largest absolute Gasteiger partial charge is 0.381 e. The second-order valence-corrected chi connectivity index (χ2v) is 9.31. The molecule has 3 fully saturated rings. The first kappa shape index (κ1) is 18.0.